The summed E-state index contributed by atoms with van der Waals surface area (Å²) in [5.41, 5.74) is -6.90. The molecule has 2 atom stereocenters. The molecule has 9 nitrogen and oxygen atoms in total. The fourth-order valence-corrected chi connectivity index (χ4v) is 5.69. The minimum atomic E-state index is -6.11. The number of fused-ring (bicyclic) bond motifs is 1. The van der Waals surface area contributed by atoms with E-state index >= 15 is 4.39 Å². The third kappa shape index (κ3) is 5.72. The summed E-state index contributed by atoms with van der Waals surface area (Å²) >= 11 is 0. The lowest BCUT2D eigenvalue weighted by Crippen LogP contribution is -2.42. The molecule has 2 heterocycles. The molecule has 1 N–H and O–H groups in total. The Hall–Kier alpha value is -3.03. The summed E-state index contributed by atoms with van der Waals surface area (Å²) in [6.45, 7) is 10.5. The third-order valence-electron chi connectivity index (χ3n) is 7.21. The smallest absolute Gasteiger partial charge is 0.444 e. The fraction of sp³-hybridized carbons (Fsp3) is 0.615. The van der Waals surface area contributed by atoms with Gasteiger partial charge in [-0.25, -0.2) is 9.18 Å². The number of alkyl halides is 3. The second-order valence-corrected chi connectivity index (χ2v) is 13.0. The topological polar surface area (TPSA) is 107 Å². The summed E-state index contributed by atoms with van der Waals surface area (Å²) in [4.78, 5) is 27.3. The number of carbonyl (C=O) groups excluding carboxylic acids is 1. The van der Waals surface area contributed by atoms with E-state index in [0.717, 1.165) is 13.0 Å². The van der Waals surface area contributed by atoms with Crippen molar-refractivity contribution in [2.45, 2.75) is 84.0 Å². The van der Waals surface area contributed by atoms with E-state index in [1.807, 2.05) is 6.92 Å². The van der Waals surface area contributed by atoms with Crippen molar-refractivity contribution in [3.05, 3.63) is 33.4 Å². The second-order valence-electron chi connectivity index (χ2n) is 11.5. The Labute approximate surface area is 229 Å². The molecule has 2 aliphatic rings. The maximum atomic E-state index is 15.7. The average molecular weight is 592 g/mol. The van der Waals surface area contributed by atoms with Gasteiger partial charge in [-0.05, 0) is 78.4 Å². The maximum absolute atomic E-state index is 15.7. The number of nitrogens with one attached hydrogen (secondary N) is 1. The van der Waals surface area contributed by atoms with Crippen LogP contribution in [0.15, 0.2) is 10.9 Å². The number of carbonyl (C=O) groups is 1. The molecule has 40 heavy (non-hydrogen) atoms. The van der Waals surface area contributed by atoms with Gasteiger partial charge in [-0.15, -0.1) is 0 Å². The molecule has 0 bridgehead atoms. The van der Waals surface area contributed by atoms with Gasteiger partial charge in [0.1, 0.15) is 11.4 Å². The molecule has 2 aromatic rings. The molecule has 4 rings (SSSR count). The molecule has 0 radical (unpaired) electrons. The molecule has 1 aliphatic heterocycles. The van der Waals surface area contributed by atoms with E-state index in [1.54, 1.807) is 32.6 Å². The number of rotatable bonds is 6. The van der Waals surface area contributed by atoms with Crippen LogP contribution in [0.5, 0.6) is 5.75 Å². The zero-order valence-electron chi connectivity index (χ0n) is 23.1. The third-order valence-corrected chi connectivity index (χ3v) is 8.16. The lowest BCUT2D eigenvalue weighted by molar-refractivity contribution is -0.0499. The molecular formula is C26H33F4N3O6S. The molecule has 1 aliphatic carbocycles. The summed E-state index contributed by atoms with van der Waals surface area (Å²) < 4.78 is 90.1. The highest BCUT2D eigenvalue weighted by molar-refractivity contribution is 7.88. The summed E-state index contributed by atoms with van der Waals surface area (Å²) in [6, 6.07) is 0.381. The van der Waals surface area contributed by atoms with Crippen LogP contribution in [0.1, 0.15) is 64.1 Å². The number of nitrogens with zero attached hydrogens (tertiary/aromatic N) is 2. The molecule has 1 aromatic heterocycles. The Bertz CT molecular complexity index is 1510. The van der Waals surface area contributed by atoms with Crippen molar-refractivity contribution >= 4 is 32.8 Å². The van der Waals surface area contributed by atoms with Crippen molar-refractivity contribution in [2.24, 2.45) is 5.92 Å². The molecule has 1 unspecified atom stereocenters. The van der Waals surface area contributed by atoms with E-state index in [2.05, 4.69) is 9.50 Å². The van der Waals surface area contributed by atoms with Crippen LogP contribution in [-0.2, 0) is 14.9 Å². The number of aromatic nitrogens is 1. The van der Waals surface area contributed by atoms with Crippen LogP contribution < -0.4 is 20.0 Å². The van der Waals surface area contributed by atoms with Crippen molar-refractivity contribution < 1.29 is 39.7 Å². The summed E-state index contributed by atoms with van der Waals surface area (Å²) in [5.74, 6) is -1.70. The van der Waals surface area contributed by atoms with Gasteiger partial charge >= 0.3 is 21.7 Å². The Balaban J connectivity index is 1.75. The molecule has 1 aromatic carbocycles. The molecule has 1 amide bonds. The van der Waals surface area contributed by atoms with Gasteiger partial charge < -0.3 is 23.7 Å². The van der Waals surface area contributed by atoms with Crippen LogP contribution in [-0.4, -0.2) is 49.3 Å². The summed E-state index contributed by atoms with van der Waals surface area (Å²) in [6.07, 6.45) is 1.31. The molecule has 222 valence electrons. The van der Waals surface area contributed by atoms with Crippen LogP contribution in [0.3, 0.4) is 0 Å². The number of alkyl carbamates (subject to hydrolysis) is 1. The first-order valence-electron chi connectivity index (χ1n) is 13.0. The maximum Gasteiger partial charge on any atom is 0.534 e. The first-order valence-corrected chi connectivity index (χ1v) is 14.4. The zero-order chi connectivity index (χ0) is 29.9. The molecule has 14 heteroatoms. The largest absolute Gasteiger partial charge is 0.534 e. The van der Waals surface area contributed by atoms with E-state index < -0.39 is 44.4 Å². The Morgan fingerprint density at radius 2 is 1.75 bits per heavy atom. The average Bonchev–Trinajstić information content (AvgIpc) is 3.51. The van der Waals surface area contributed by atoms with Gasteiger partial charge in [0.2, 0.25) is 0 Å². The van der Waals surface area contributed by atoms with E-state index in [-0.39, 0.29) is 45.7 Å². The Kier molecular flexibility index (Phi) is 7.57. The summed E-state index contributed by atoms with van der Waals surface area (Å²) in [5, 5.41) is 2.57. The van der Waals surface area contributed by atoms with E-state index in [1.165, 1.54) is 4.57 Å². The van der Waals surface area contributed by atoms with Crippen LogP contribution in [0.4, 0.5) is 28.0 Å². The van der Waals surface area contributed by atoms with Crippen molar-refractivity contribution in [1.29, 1.82) is 0 Å². The van der Waals surface area contributed by atoms with E-state index in [9.17, 15) is 31.2 Å². The van der Waals surface area contributed by atoms with Crippen LogP contribution in [0, 0.1) is 25.6 Å². The molecule has 1 saturated carbocycles. The summed E-state index contributed by atoms with van der Waals surface area (Å²) in [7, 11) is -6.11. The quantitative estimate of drug-likeness (QED) is 0.284. The Morgan fingerprint density at radius 3 is 2.30 bits per heavy atom. The number of hydrogen-bond acceptors (Lipinski definition) is 7. The van der Waals surface area contributed by atoms with Gasteiger partial charge in [-0.3, -0.25) is 4.79 Å². The fourth-order valence-electron chi connectivity index (χ4n) is 5.17. The van der Waals surface area contributed by atoms with Crippen LogP contribution in [0.25, 0.3) is 10.9 Å². The van der Waals surface area contributed by atoms with Crippen molar-refractivity contribution in [3.63, 3.8) is 0 Å². The van der Waals surface area contributed by atoms with E-state index in [0.29, 0.717) is 32.4 Å². The highest BCUT2D eigenvalue weighted by Gasteiger charge is 2.49. The van der Waals surface area contributed by atoms with Crippen LogP contribution >= 0.6 is 0 Å². The monoisotopic (exact) mass is 591 g/mol. The first-order chi connectivity index (χ1) is 18.3. The van der Waals surface area contributed by atoms with Crippen LogP contribution in [0.2, 0.25) is 0 Å². The number of pyridine rings is 1. The highest BCUT2D eigenvalue weighted by Crippen LogP contribution is 2.44. The molecular weight excluding hydrogens is 558 g/mol. The number of ether oxygens (including phenoxy) is 1. The molecule has 0 spiro atoms. The van der Waals surface area contributed by atoms with Crippen molar-refractivity contribution in [3.8, 4) is 5.75 Å². The number of aryl methyl sites for hydroxylation is 1. The van der Waals surface area contributed by atoms with Gasteiger partial charge in [0.25, 0.3) is 5.56 Å². The predicted octanol–water partition coefficient (Wildman–Crippen LogP) is 5.06. The first kappa shape index (κ1) is 29.9. The molecule has 1 saturated heterocycles. The minimum absolute atomic E-state index is 0.0681. The van der Waals surface area contributed by atoms with Gasteiger partial charge in [0.05, 0.1) is 16.8 Å². The molecule has 2 fully saturated rings. The SMILES string of the molecule is Cc1c(OS(=O)(=O)C(F)(F)F)c2cc(F)c(N3CCC([C@H](C)NC(=O)OC(C)(C)C)C3)c(C)c2n(C2CC2)c1=O. The number of amides is 1. The number of halogens is 4. The zero-order valence-corrected chi connectivity index (χ0v) is 23.9. The second kappa shape index (κ2) is 10.1. The minimum Gasteiger partial charge on any atom is -0.444 e. The van der Waals surface area contributed by atoms with Gasteiger partial charge in [0, 0.05) is 30.6 Å². The predicted molar refractivity (Wildman–Crippen MR) is 141 cm³/mol. The normalized spacial score (nSPS) is 19.1. The van der Waals surface area contributed by atoms with Gasteiger partial charge in [-0.1, -0.05) is 0 Å². The van der Waals surface area contributed by atoms with Crippen molar-refractivity contribution in [2.75, 3.05) is 18.0 Å². The lowest BCUT2D eigenvalue weighted by Gasteiger charge is -2.27. The number of benzene rings is 1. The van der Waals surface area contributed by atoms with Crippen molar-refractivity contribution in [1.82, 2.24) is 9.88 Å². The highest BCUT2D eigenvalue weighted by atomic mass is 32.2. The Morgan fingerprint density at radius 1 is 1.12 bits per heavy atom. The standard InChI is InChI=1S/C26H33F4N3O6S/c1-13-20-18(22(39-40(36,37)26(28,29)30)14(2)23(34)33(20)17-7-8-17)11-19(27)21(13)32-10-9-16(12-32)15(3)31-24(35)38-25(4,5)6/h11,15-17H,7-10,12H2,1-6H3,(H,31,35)/t15-,16?/m0/s1. The van der Waals surface area contributed by atoms with Gasteiger partial charge in [-0.2, -0.15) is 21.6 Å². The lowest BCUT2D eigenvalue weighted by atomic mass is 10.0. The van der Waals surface area contributed by atoms with E-state index in [4.69, 9.17) is 4.74 Å². The number of hydrogen-bond donors (Lipinski definition) is 1. The van der Waals surface area contributed by atoms with Gasteiger partial charge in [0.15, 0.2) is 5.75 Å². The number of anilines is 1.